The van der Waals surface area contributed by atoms with Crippen LogP contribution >= 0.6 is 0 Å². The van der Waals surface area contributed by atoms with Gasteiger partial charge in [0.25, 0.3) is 5.91 Å². The van der Waals surface area contributed by atoms with Gasteiger partial charge >= 0.3 is 6.18 Å². The zero-order chi connectivity index (χ0) is 23.7. The Labute approximate surface area is 182 Å². The lowest BCUT2D eigenvalue weighted by Gasteiger charge is -2.15. The first-order chi connectivity index (χ1) is 14.9. The molecule has 3 N–H and O–H groups in total. The van der Waals surface area contributed by atoms with Crippen molar-refractivity contribution in [2.45, 2.75) is 18.0 Å². The largest absolute Gasteiger partial charge is 0.495 e. The minimum Gasteiger partial charge on any atom is -0.495 e. The van der Waals surface area contributed by atoms with E-state index in [-0.39, 0.29) is 27.5 Å². The van der Waals surface area contributed by atoms with E-state index in [1.807, 2.05) is 0 Å². The fraction of sp³-hybridized carbons (Fsp3) is 0.136. The van der Waals surface area contributed by atoms with Crippen molar-refractivity contribution < 1.29 is 31.1 Å². The molecular weight excluding hydrogens is 445 g/mol. The summed E-state index contributed by atoms with van der Waals surface area (Å²) in [5.74, 6) is -0.574. The second-order valence-corrected chi connectivity index (χ2v) is 8.47. The quantitative estimate of drug-likeness (QED) is 0.577. The first-order valence-corrected chi connectivity index (χ1v) is 10.8. The van der Waals surface area contributed by atoms with Crippen molar-refractivity contribution in [3.05, 3.63) is 77.4 Å². The van der Waals surface area contributed by atoms with Crippen LogP contribution in [0.25, 0.3) is 11.1 Å². The van der Waals surface area contributed by atoms with Crippen LogP contribution in [-0.2, 0) is 16.2 Å². The molecule has 3 rings (SSSR count). The van der Waals surface area contributed by atoms with Gasteiger partial charge in [0.2, 0.25) is 10.0 Å². The lowest BCUT2D eigenvalue weighted by Crippen LogP contribution is -2.15. The van der Waals surface area contributed by atoms with Crippen molar-refractivity contribution >= 4 is 21.6 Å². The van der Waals surface area contributed by atoms with Gasteiger partial charge in [-0.1, -0.05) is 24.3 Å². The van der Waals surface area contributed by atoms with Crippen molar-refractivity contribution in [3.8, 4) is 16.9 Å². The molecule has 0 saturated heterocycles. The molecule has 0 atom stereocenters. The number of rotatable bonds is 5. The summed E-state index contributed by atoms with van der Waals surface area (Å²) in [4.78, 5) is 12.4. The number of methoxy groups -OCH3 is 1. The first-order valence-electron chi connectivity index (χ1n) is 9.21. The molecule has 0 fully saturated rings. The standard InChI is InChI=1S/C22H19F3N2O4S/c1-13-11-14(7-9-16(13)17-5-3-4-6-18(17)22(23,24)25)21(28)27-15-8-10-20(32(26,29)30)19(12-15)31-2/h3-12H,1-2H3,(H,27,28)(H2,26,29,30). The first kappa shape index (κ1) is 23.3. The molecular formula is C22H19F3N2O4S. The average Bonchev–Trinajstić information content (AvgIpc) is 2.72. The minimum atomic E-state index is -4.51. The Hall–Kier alpha value is -3.37. The van der Waals surface area contributed by atoms with Gasteiger partial charge in [0.05, 0.1) is 12.7 Å². The Bertz CT molecular complexity index is 1290. The summed E-state index contributed by atoms with van der Waals surface area (Å²) in [6.07, 6.45) is -4.51. The van der Waals surface area contributed by atoms with Crippen molar-refractivity contribution in [1.29, 1.82) is 0 Å². The number of primary sulfonamides is 1. The van der Waals surface area contributed by atoms with Gasteiger partial charge in [0.15, 0.2) is 0 Å². The van der Waals surface area contributed by atoms with Crippen molar-refractivity contribution in [2.75, 3.05) is 12.4 Å². The van der Waals surface area contributed by atoms with Crippen LogP contribution in [0.3, 0.4) is 0 Å². The number of sulfonamides is 1. The van der Waals surface area contributed by atoms with E-state index in [4.69, 9.17) is 9.88 Å². The van der Waals surface area contributed by atoms with Gasteiger partial charge in [0, 0.05) is 17.3 Å². The van der Waals surface area contributed by atoms with Gasteiger partial charge in [-0.2, -0.15) is 13.2 Å². The zero-order valence-corrected chi connectivity index (χ0v) is 17.8. The fourth-order valence-electron chi connectivity index (χ4n) is 3.26. The van der Waals surface area contributed by atoms with Crippen LogP contribution < -0.4 is 15.2 Å². The summed E-state index contributed by atoms with van der Waals surface area (Å²) in [5, 5.41) is 7.73. The normalized spacial score (nSPS) is 11.8. The molecule has 0 heterocycles. The van der Waals surface area contributed by atoms with Crippen molar-refractivity contribution in [3.63, 3.8) is 0 Å². The number of ether oxygens (including phenoxy) is 1. The maximum Gasteiger partial charge on any atom is 0.417 e. The molecule has 3 aromatic rings. The summed E-state index contributed by atoms with van der Waals surface area (Å²) in [6, 6.07) is 13.4. The summed E-state index contributed by atoms with van der Waals surface area (Å²) in [6.45, 7) is 1.61. The number of amides is 1. The molecule has 10 heteroatoms. The highest BCUT2D eigenvalue weighted by Crippen LogP contribution is 2.38. The van der Waals surface area contributed by atoms with Crippen LogP contribution in [0.2, 0.25) is 0 Å². The van der Waals surface area contributed by atoms with Gasteiger partial charge in [-0.25, -0.2) is 13.6 Å². The van der Waals surface area contributed by atoms with Crippen molar-refractivity contribution in [1.82, 2.24) is 0 Å². The SMILES string of the molecule is COc1cc(NC(=O)c2ccc(-c3ccccc3C(F)(F)F)c(C)c2)ccc1S(N)(=O)=O. The third kappa shape index (κ3) is 4.92. The van der Waals surface area contributed by atoms with Crippen LogP contribution in [0, 0.1) is 6.92 Å². The lowest BCUT2D eigenvalue weighted by molar-refractivity contribution is -0.137. The summed E-state index contributed by atoms with van der Waals surface area (Å²) in [5.41, 5.74) is 0.564. The molecule has 168 valence electrons. The van der Waals surface area contributed by atoms with Crippen molar-refractivity contribution in [2.24, 2.45) is 5.14 Å². The van der Waals surface area contributed by atoms with Crippen LogP contribution in [0.1, 0.15) is 21.5 Å². The van der Waals surface area contributed by atoms with Crippen LogP contribution in [0.4, 0.5) is 18.9 Å². The van der Waals surface area contributed by atoms with E-state index in [1.54, 1.807) is 6.92 Å². The number of anilines is 1. The Morgan fingerprint density at radius 1 is 1.00 bits per heavy atom. The highest BCUT2D eigenvalue weighted by Gasteiger charge is 2.33. The highest BCUT2D eigenvalue weighted by molar-refractivity contribution is 7.89. The predicted octanol–water partition coefficient (Wildman–Crippen LogP) is 4.59. The molecule has 0 bridgehead atoms. The Kier molecular flexibility index (Phi) is 6.29. The topological polar surface area (TPSA) is 98.5 Å². The Morgan fingerprint density at radius 3 is 2.28 bits per heavy atom. The van der Waals surface area contributed by atoms with Gasteiger partial charge in [-0.3, -0.25) is 4.79 Å². The van der Waals surface area contributed by atoms with Crippen LogP contribution in [-0.4, -0.2) is 21.4 Å². The Balaban J connectivity index is 1.90. The number of nitrogens with one attached hydrogen (secondary N) is 1. The number of carbonyl (C=O) groups excluding carboxylic acids is 1. The molecule has 0 aliphatic carbocycles. The number of halogens is 3. The molecule has 0 radical (unpaired) electrons. The second-order valence-electron chi connectivity index (χ2n) is 6.94. The van der Waals surface area contributed by atoms with Crippen LogP contribution in [0.15, 0.2) is 65.6 Å². The summed E-state index contributed by atoms with van der Waals surface area (Å²) in [7, 11) is -2.75. The molecule has 6 nitrogen and oxygen atoms in total. The van der Waals surface area contributed by atoms with Gasteiger partial charge in [-0.05, 0) is 53.9 Å². The number of aryl methyl sites for hydroxylation is 1. The van der Waals surface area contributed by atoms with E-state index in [9.17, 15) is 26.4 Å². The van der Waals surface area contributed by atoms with E-state index >= 15 is 0 Å². The Morgan fingerprint density at radius 2 is 1.69 bits per heavy atom. The van der Waals surface area contributed by atoms with E-state index in [1.165, 1.54) is 61.7 Å². The highest BCUT2D eigenvalue weighted by atomic mass is 32.2. The molecule has 0 aliphatic rings. The molecule has 32 heavy (non-hydrogen) atoms. The van der Waals surface area contributed by atoms with E-state index in [2.05, 4.69) is 5.32 Å². The van der Waals surface area contributed by atoms with E-state index in [0.717, 1.165) is 6.07 Å². The molecule has 0 aromatic heterocycles. The molecule has 1 amide bonds. The minimum absolute atomic E-state index is 0.0211. The molecule has 3 aromatic carbocycles. The number of carbonyl (C=O) groups is 1. The number of hydrogen-bond acceptors (Lipinski definition) is 4. The number of nitrogens with two attached hydrogens (primary N) is 1. The van der Waals surface area contributed by atoms with Gasteiger partial charge < -0.3 is 10.1 Å². The summed E-state index contributed by atoms with van der Waals surface area (Å²) >= 11 is 0. The third-order valence-electron chi connectivity index (χ3n) is 4.74. The smallest absolute Gasteiger partial charge is 0.417 e. The van der Waals surface area contributed by atoms with Crippen LogP contribution in [0.5, 0.6) is 5.75 Å². The fourth-order valence-corrected chi connectivity index (χ4v) is 3.94. The maximum atomic E-state index is 13.4. The summed E-state index contributed by atoms with van der Waals surface area (Å²) < 4.78 is 68.3. The molecule has 0 unspecified atom stereocenters. The molecule has 0 saturated carbocycles. The average molecular weight is 464 g/mol. The van der Waals surface area contributed by atoms with Gasteiger partial charge in [-0.15, -0.1) is 0 Å². The monoisotopic (exact) mass is 464 g/mol. The van der Waals surface area contributed by atoms with E-state index < -0.39 is 27.7 Å². The predicted molar refractivity (Wildman–Crippen MR) is 114 cm³/mol. The number of alkyl halides is 3. The zero-order valence-electron chi connectivity index (χ0n) is 17.0. The second kappa shape index (κ2) is 8.64. The number of benzene rings is 3. The molecule has 0 aliphatic heterocycles. The van der Waals surface area contributed by atoms with E-state index in [0.29, 0.717) is 11.1 Å². The molecule has 0 spiro atoms. The maximum absolute atomic E-state index is 13.4. The third-order valence-corrected chi connectivity index (χ3v) is 5.69. The lowest BCUT2D eigenvalue weighted by atomic mass is 9.94. The number of hydrogen-bond donors (Lipinski definition) is 2. The van der Waals surface area contributed by atoms with Gasteiger partial charge in [0.1, 0.15) is 10.6 Å².